The quantitative estimate of drug-likeness (QED) is 0.907. The Kier molecular flexibility index (Phi) is 5.74. The second-order valence-corrected chi connectivity index (χ2v) is 6.03. The summed E-state index contributed by atoms with van der Waals surface area (Å²) in [5.41, 5.74) is 7.34. The summed E-state index contributed by atoms with van der Waals surface area (Å²) in [5.74, 6) is -0.653. The molecule has 0 aliphatic carbocycles. The van der Waals surface area contributed by atoms with Crippen molar-refractivity contribution in [2.45, 2.75) is 13.0 Å². The van der Waals surface area contributed by atoms with Crippen molar-refractivity contribution in [3.05, 3.63) is 70.5 Å². The molecule has 2 unspecified atom stereocenters. The fourth-order valence-electron chi connectivity index (χ4n) is 2.51. The van der Waals surface area contributed by atoms with Gasteiger partial charge >= 0.3 is 0 Å². The molecule has 2 N–H and O–H groups in total. The molecule has 0 saturated carbocycles. The van der Waals surface area contributed by atoms with E-state index >= 15 is 0 Å². The van der Waals surface area contributed by atoms with E-state index in [1.807, 2.05) is 12.1 Å². The second kappa shape index (κ2) is 7.57. The molecule has 0 bridgehead atoms. The topological polar surface area (TPSA) is 46.3 Å². The van der Waals surface area contributed by atoms with Gasteiger partial charge in [-0.05, 0) is 35.4 Å². The molecular weight excluding hydrogens is 315 g/mol. The fraction of sp³-hybridized carbons (Fsp3) is 0.278. The number of nitrogens with two attached hydrogens (primary N) is 1. The van der Waals surface area contributed by atoms with Crippen LogP contribution in [0.1, 0.15) is 24.1 Å². The summed E-state index contributed by atoms with van der Waals surface area (Å²) in [6.45, 7) is 2.07. The standard InChI is InChI=1S/C18H20ClFN2O/c1-12(11-21)18(23)22(2)17(13-3-7-15(19)8-4-13)14-5-9-16(20)10-6-14/h3-10,12,17H,11,21H2,1-2H3. The second-order valence-electron chi connectivity index (χ2n) is 5.59. The first-order valence-electron chi connectivity index (χ1n) is 7.41. The van der Waals surface area contributed by atoms with Gasteiger partial charge in [-0.3, -0.25) is 4.79 Å². The Hall–Kier alpha value is -1.91. The van der Waals surface area contributed by atoms with Gasteiger partial charge in [0, 0.05) is 24.5 Å². The maximum Gasteiger partial charge on any atom is 0.227 e. The van der Waals surface area contributed by atoms with Crippen LogP contribution in [-0.2, 0) is 4.79 Å². The molecule has 2 atom stereocenters. The summed E-state index contributed by atoms with van der Waals surface area (Å²) in [6, 6.07) is 13.1. The Morgan fingerprint density at radius 2 is 1.61 bits per heavy atom. The molecule has 0 saturated heterocycles. The van der Waals surface area contributed by atoms with E-state index in [-0.39, 0.29) is 30.2 Å². The molecule has 2 aromatic rings. The predicted octanol–water partition coefficient (Wildman–Crippen LogP) is 3.62. The number of nitrogens with zero attached hydrogens (tertiary/aromatic N) is 1. The van der Waals surface area contributed by atoms with Crippen LogP contribution in [0, 0.1) is 11.7 Å². The first-order valence-corrected chi connectivity index (χ1v) is 7.79. The van der Waals surface area contributed by atoms with E-state index in [0.717, 1.165) is 11.1 Å². The molecule has 122 valence electrons. The average molecular weight is 335 g/mol. The lowest BCUT2D eigenvalue weighted by molar-refractivity contribution is -0.134. The maximum absolute atomic E-state index is 13.2. The average Bonchev–Trinajstić information content (AvgIpc) is 2.57. The van der Waals surface area contributed by atoms with Gasteiger partial charge < -0.3 is 10.6 Å². The van der Waals surface area contributed by atoms with Gasteiger partial charge in [-0.25, -0.2) is 4.39 Å². The number of hydrogen-bond acceptors (Lipinski definition) is 2. The third-order valence-electron chi connectivity index (χ3n) is 3.88. The first kappa shape index (κ1) is 17.4. The minimum atomic E-state index is -0.325. The summed E-state index contributed by atoms with van der Waals surface area (Å²) in [7, 11) is 1.73. The fourth-order valence-corrected chi connectivity index (χ4v) is 2.63. The highest BCUT2D eigenvalue weighted by Gasteiger charge is 2.26. The van der Waals surface area contributed by atoms with E-state index in [1.165, 1.54) is 12.1 Å². The molecule has 2 rings (SSSR count). The van der Waals surface area contributed by atoms with Gasteiger partial charge in [0.2, 0.25) is 5.91 Å². The molecule has 5 heteroatoms. The number of hydrogen-bond donors (Lipinski definition) is 1. The number of amides is 1. The molecule has 1 amide bonds. The summed E-state index contributed by atoms with van der Waals surface area (Å²) >= 11 is 5.95. The van der Waals surface area contributed by atoms with Gasteiger partial charge in [0.15, 0.2) is 0 Å². The molecule has 0 aliphatic rings. The number of benzene rings is 2. The molecule has 0 heterocycles. The van der Waals surface area contributed by atoms with Crippen molar-refractivity contribution in [1.82, 2.24) is 4.90 Å². The van der Waals surface area contributed by atoms with E-state index in [0.29, 0.717) is 5.02 Å². The van der Waals surface area contributed by atoms with Crippen molar-refractivity contribution in [2.75, 3.05) is 13.6 Å². The highest BCUT2D eigenvalue weighted by Crippen LogP contribution is 2.29. The van der Waals surface area contributed by atoms with Crippen LogP contribution < -0.4 is 5.73 Å². The molecule has 0 aliphatic heterocycles. The lowest BCUT2D eigenvalue weighted by Gasteiger charge is -2.31. The van der Waals surface area contributed by atoms with Crippen LogP contribution in [0.25, 0.3) is 0 Å². The Bertz CT molecular complexity index is 612. The smallest absolute Gasteiger partial charge is 0.227 e. The van der Waals surface area contributed by atoms with Gasteiger partial charge in [-0.2, -0.15) is 0 Å². The lowest BCUT2D eigenvalue weighted by Crippen LogP contribution is -2.38. The molecule has 3 nitrogen and oxygen atoms in total. The Morgan fingerprint density at radius 3 is 2.09 bits per heavy atom. The van der Waals surface area contributed by atoms with Crippen LogP contribution in [0.2, 0.25) is 5.02 Å². The minimum Gasteiger partial charge on any atom is -0.334 e. The van der Waals surface area contributed by atoms with Gasteiger partial charge in [0.1, 0.15) is 5.82 Å². The number of rotatable bonds is 5. The highest BCUT2D eigenvalue weighted by molar-refractivity contribution is 6.30. The Morgan fingerprint density at radius 1 is 1.13 bits per heavy atom. The van der Waals surface area contributed by atoms with E-state index in [9.17, 15) is 9.18 Å². The third kappa shape index (κ3) is 4.09. The van der Waals surface area contributed by atoms with Crippen LogP contribution in [0.4, 0.5) is 4.39 Å². The minimum absolute atomic E-state index is 0.0585. The van der Waals surface area contributed by atoms with Gasteiger partial charge in [-0.15, -0.1) is 0 Å². The van der Waals surface area contributed by atoms with Crippen LogP contribution in [-0.4, -0.2) is 24.4 Å². The first-order chi connectivity index (χ1) is 10.9. The summed E-state index contributed by atoms with van der Waals surface area (Å²) in [4.78, 5) is 14.2. The summed E-state index contributed by atoms with van der Waals surface area (Å²) < 4.78 is 13.2. The van der Waals surface area contributed by atoms with Gasteiger partial charge in [0.05, 0.1) is 6.04 Å². The van der Waals surface area contributed by atoms with Crippen molar-refractivity contribution in [3.63, 3.8) is 0 Å². The maximum atomic E-state index is 13.2. The van der Waals surface area contributed by atoms with Crippen LogP contribution >= 0.6 is 11.6 Å². The molecule has 0 fully saturated rings. The monoisotopic (exact) mass is 334 g/mol. The third-order valence-corrected chi connectivity index (χ3v) is 4.13. The Balaban J connectivity index is 2.44. The lowest BCUT2D eigenvalue weighted by atomic mass is 9.96. The van der Waals surface area contributed by atoms with Crippen molar-refractivity contribution < 1.29 is 9.18 Å². The van der Waals surface area contributed by atoms with Crippen LogP contribution in [0.5, 0.6) is 0 Å². The molecule has 0 spiro atoms. The highest BCUT2D eigenvalue weighted by atomic mass is 35.5. The van der Waals surface area contributed by atoms with Crippen LogP contribution in [0.15, 0.2) is 48.5 Å². The van der Waals surface area contributed by atoms with Crippen molar-refractivity contribution >= 4 is 17.5 Å². The SMILES string of the molecule is CC(CN)C(=O)N(C)C(c1ccc(F)cc1)c1ccc(Cl)cc1. The van der Waals surface area contributed by atoms with Gasteiger partial charge in [0.25, 0.3) is 0 Å². The van der Waals surface area contributed by atoms with E-state index in [2.05, 4.69) is 0 Å². The van der Waals surface area contributed by atoms with E-state index in [4.69, 9.17) is 17.3 Å². The van der Waals surface area contributed by atoms with E-state index < -0.39 is 0 Å². The van der Waals surface area contributed by atoms with Crippen LogP contribution in [0.3, 0.4) is 0 Å². The predicted molar refractivity (Wildman–Crippen MR) is 90.7 cm³/mol. The summed E-state index contributed by atoms with van der Waals surface area (Å²) in [6.07, 6.45) is 0. The molecule has 0 aromatic heterocycles. The zero-order chi connectivity index (χ0) is 17.0. The molecule has 23 heavy (non-hydrogen) atoms. The summed E-state index contributed by atoms with van der Waals surface area (Å²) in [5, 5.41) is 0.621. The zero-order valence-electron chi connectivity index (χ0n) is 13.2. The number of halogens is 2. The van der Waals surface area contributed by atoms with E-state index in [1.54, 1.807) is 43.1 Å². The largest absolute Gasteiger partial charge is 0.334 e. The zero-order valence-corrected chi connectivity index (χ0v) is 13.9. The van der Waals surface area contributed by atoms with Crippen molar-refractivity contribution in [1.29, 1.82) is 0 Å². The van der Waals surface area contributed by atoms with Crippen molar-refractivity contribution in [3.8, 4) is 0 Å². The normalized spacial score (nSPS) is 13.4. The number of carbonyl (C=O) groups is 1. The molecule has 0 radical (unpaired) electrons. The Labute approximate surface area is 140 Å². The van der Waals surface area contributed by atoms with Gasteiger partial charge in [-0.1, -0.05) is 42.8 Å². The molecule has 2 aromatic carbocycles. The van der Waals surface area contributed by atoms with Crippen molar-refractivity contribution in [2.24, 2.45) is 11.7 Å². The molecular formula is C18H20ClFN2O. The number of carbonyl (C=O) groups excluding carboxylic acids is 1.